The van der Waals surface area contributed by atoms with Crippen LogP contribution in [0, 0.1) is 11.8 Å². The third-order valence-corrected chi connectivity index (χ3v) is 4.78. The molecular weight excluding hydrogens is 290 g/mol. The quantitative estimate of drug-likeness (QED) is 0.922. The number of hydrogen-bond acceptors (Lipinski definition) is 2. The Morgan fingerprint density at radius 1 is 1.50 bits per heavy atom. The number of fused-ring (bicyclic) bond motifs is 1. The van der Waals surface area contributed by atoms with Crippen LogP contribution in [-0.4, -0.2) is 19.7 Å². The Kier molecular flexibility index (Phi) is 3.37. The van der Waals surface area contributed by atoms with Gasteiger partial charge in [-0.3, -0.25) is 0 Å². The summed E-state index contributed by atoms with van der Waals surface area (Å²) in [6.45, 7) is 3.18. The third-order valence-electron chi connectivity index (χ3n) is 4.32. The van der Waals surface area contributed by atoms with Gasteiger partial charge in [-0.1, -0.05) is 22.9 Å². The van der Waals surface area contributed by atoms with E-state index in [1.165, 1.54) is 22.0 Å². The average molecular weight is 310 g/mol. The lowest BCUT2D eigenvalue weighted by molar-refractivity contribution is 0.350. The number of hydrogen-bond donors (Lipinski definition) is 1. The van der Waals surface area contributed by atoms with Gasteiger partial charge in [-0.05, 0) is 55.0 Å². The van der Waals surface area contributed by atoms with Crippen molar-refractivity contribution in [3.8, 4) is 5.75 Å². The minimum atomic E-state index is 0.586. The highest BCUT2D eigenvalue weighted by Gasteiger charge is 2.39. The SMILES string of the molecule is CNC(Cc1cc(Br)cc2c1OCC2)C1CC1C. The van der Waals surface area contributed by atoms with Crippen LogP contribution in [0.25, 0.3) is 0 Å². The molecule has 2 nitrogen and oxygen atoms in total. The van der Waals surface area contributed by atoms with E-state index >= 15 is 0 Å². The van der Waals surface area contributed by atoms with E-state index in [-0.39, 0.29) is 0 Å². The molecule has 1 aliphatic carbocycles. The van der Waals surface area contributed by atoms with Crippen LogP contribution in [0.3, 0.4) is 0 Å². The lowest BCUT2D eigenvalue weighted by atomic mass is 9.98. The van der Waals surface area contributed by atoms with Gasteiger partial charge >= 0.3 is 0 Å². The zero-order valence-electron chi connectivity index (χ0n) is 11.0. The van der Waals surface area contributed by atoms with E-state index in [0.717, 1.165) is 37.0 Å². The van der Waals surface area contributed by atoms with Gasteiger partial charge < -0.3 is 10.1 Å². The van der Waals surface area contributed by atoms with Crippen molar-refractivity contribution in [2.75, 3.05) is 13.7 Å². The van der Waals surface area contributed by atoms with Gasteiger partial charge in [0, 0.05) is 16.9 Å². The van der Waals surface area contributed by atoms with E-state index in [1.54, 1.807) is 0 Å². The summed E-state index contributed by atoms with van der Waals surface area (Å²) in [4.78, 5) is 0. The van der Waals surface area contributed by atoms with Crippen LogP contribution in [-0.2, 0) is 12.8 Å². The molecule has 0 amide bonds. The Morgan fingerprint density at radius 3 is 2.94 bits per heavy atom. The smallest absolute Gasteiger partial charge is 0.125 e. The maximum absolute atomic E-state index is 5.81. The summed E-state index contributed by atoms with van der Waals surface area (Å²) in [6, 6.07) is 5.00. The maximum Gasteiger partial charge on any atom is 0.125 e. The minimum Gasteiger partial charge on any atom is -0.493 e. The Hall–Kier alpha value is -0.540. The fourth-order valence-electron chi connectivity index (χ4n) is 3.11. The van der Waals surface area contributed by atoms with Crippen molar-refractivity contribution in [2.45, 2.75) is 32.2 Å². The standard InChI is InChI=1S/C15H20BrNO/c1-9-5-13(9)14(17-2)8-11-7-12(16)6-10-3-4-18-15(10)11/h6-7,9,13-14,17H,3-5,8H2,1-2H3. The van der Waals surface area contributed by atoms with Gasteiger partial charge in [0.05, 0.1) is 6.61 Å². The highest BCUT2D eigenvalue weighted by atomic mass is 79.9. The summed E-state index contributed by atoms with van der Waals surface area (Å²) >= 11 is 3.62. The number of likely N-dealkylation sites (N-methyl/N-ethyl adjacent to an activating group) is 1. The first-order chi connectivity index (χ1) is 8.69. The van der Waals surface area contributed by atoms with Crippen LogP contribution in [0.5, 0.6) is 5.75 Å². The number of benzene rings is 1. The molecule has 3 atom stereocenters. The lowest BCUT2D eigenvalue weighted by Crippen LogP contribution is -2.30. The van der Waals surface area contributed by atoms with Gasteiger partial charge in [-0.25, -0.2) is 0 Å². The molecule has 98 valence electrons. The molecule has 0 radical (unpaired) electrons. The van der Waals surface area contributed by atoms with Crippen molar-refractivity contribution in [3.05, 3.63) is 27.7 Å². The molecule has 3 rings (SSSR count). The van der Waals surface area contributed by atoms with Gasteiger partial charge in [0.15, 0.2) is 0 Å². The van der Waals surface area contributed by atoms with Crippen LogP contribution < -0.4 is 10.1 Å². The molecule has 1 aromatic carbocycles. The van der Waals surface area contributed by atoms with Crippen LogP contribution >= 0.6 is 15.9 Å². The summed E-state index contributed by atoms with van der Waals surface area (Å²) in [7, 11) is 2.08. The highest BCUT2D eigenvalue weighted by molar-refractivity contribution is 9.10. The molecular formula is C15H20BrNO. The molecule has 1 saturated carbocycles. The fraction of sp³-hybridized carbons (Fsp3) is 0.600. The summed E-state index contributed by atoms with van der Waals surface area (Å²) in [5.41, 5.74) is 2.72. The molecule has 1 aromatic rings. The van der Waals surface area contributed by atoms with E-state index in [4.69, 9.17) is 4.74 Å². The lowest BCUT2D eigenvalue weighted by Gasteiger charge is -2.18. The molecule has 0 saturated heterocycles. The molecule has 0 aromatic heterocycles. The Balaban J connectivity index is 1.83. The van der Waals surface area contributed by atoms with E-state index in [1.807, 2.05) is 0 Å². The first-order valence-electron chi connectivity index (χ1n) is 6.80. The summed E-state index contributed by atoms with van der Waals surface area (Å²) < 4.78 is 6.99. The second-order valence-electron chi connectivity index (χ2n) is 5.63. The van der Waals surface area contributed by atoms with Crippen LogP contribution in [0.1, 0.15) is 24.5 Å². The number of ether oxygens (including phenoxy) is 1. The molecule has 3 unspecified atom stereocenters. The largest absolute Gasteiger partial charge is 0.493 e. The minimum absolute atomic E-state index is 0.586. The Bertz CT molecular complexity index is 460. The topological polar surface area (TPSA) is 21.3 Å². The molecule has 1 fully saturated rings. The van der Waals surface area contributed by atoms with Crippen molar-refractivity contribution in [1.29, 1.82) is 0 Å². The first-order valence-corrected chi connectivity index (χ1v) is 7.59. The Morgan fingerprint density at radius 2 is 2.28 bits per heavy atom. The van der Waals surface area contributed by atoms with Crippen LogP contribution in [0.15, 0.2) is 16.6 Å². The molecule has 3 heteroatoms. The van der Waals surface area contributed by atoms with E-state index in [9.17, 15) is 0 Å². The maximum atomic E-state index is 5.81. The van der Waals surface area contributed by atoms with Crippen molar-refractivity contribution in [3.63, 3.8) is 0 Å². The van der Waals surface area contributed by atoms with Crippen molar-refractivity contribution >= 4 is 15.9 Å². The average Bonchev–Trinajstić information content (AvgIpc) is 2.88. The van der Waals surface area contributed by atoms with Crippen molar-refractivity contribution < 1.29 is 4.74 Å². The van der Waals surface area contributed by atoms with Crippen LogP contribution in [0.4, 0.5) is 0 Å². The van der Waals surface area contributed by atoms with Crippen LogP contribution in [0.2, 0.25) is 0 Å². The highest BCUT2D eigenvalue weighted by Crippen LogP contribution is 2.43. The third kappa shape index (κ3) is 2.30. The number of halogens is 1. The zero-order valence-corrected chi connectivity index (χ0v) is 12.6. The normalized spacial score (nSPS) is 26.6. The molecule has 1 aliphatic heterocycles. The summed E-state index contributed by atoms with van der Waals surface area (Å²) in [5.74, 6) is 2.86. The monoisotopic (exact) mass is 309 g/mol. The van der Waals surface area contributed by atoms with Gasteiger partial charge in [-0.15, -0.1) is 0 Å². The predicted octanol–water partition coefficient (Wildman–Crippen LogP) is 3.17. The molecule has 1 heterocycles. The molecule has 0 spiro atoms. The number of nitrogens with one attached hydrogen (secondary N) is 1. The van der Waals surface area contributed by atoms with Gasteiger partial charge in [-0.2, -0.15) is 0 Å². The second kappa shape index (κ2) is 4.86. The Labute approximate surface area is 117 Å². The molecule has 0 bridgehead atoms. The number of rotatable bonds is 4. The molecule has 18 heavy (non-hydrogen) atoms. The second-order valence-corrected chi connectivity index (χ2v) is 6.54. The van der Waals surface area contributed by atoms with Gasteiger partial charge in [0.25, 0.3) is 0 Å². The molecule has 2 aliphatic rings. The van der Waals surface area contributed by atoms with E-state index < -0.39 is 0 Å². The molecule has 1 N–H and O–H groups in total. The van der Waals surface area contributed by atoms with Crippen molar-refractivity contribution in [2.24, 2.45) is 11.8 Å². The fourth-order valence-corrected chi connectivity index (χ4v) is 3.67. The first kappa shape index (κ1) is 12.5. The van der Waals surface area contributed by atoms with Gasteiger partial charge in [0.2, 0.25) is 0 Å². The zero-order chi connectivity index (χ0) is 12.7. The van der Waals surface area contributed by atoms with Gasteiger partial charge in [0.1, 0.15) is 5.75 Å². The summed E-state index contributed by atoms with van der Waals surface area (Å²) in [6.07, 6.45) is 3.49. The van der Waals surface area contributed by atoms with E-state index in [2.05, 4.69) is 47.4 Å². The van der Waals surface area contributed by atoms with Crippen molar-refractivity contribution in [1.82, 2.24) is 5.32 Å². The van der Waals surface area contributed by atoms with E-state index in [0.29, 0.717) is 6.04 Å². The summed E-state index contributed by atoms with van der Waals surface area (Å²) in [5, 5.41) is 3.48. The predicted molar refractivity (Wildman–Crippen MR) is 77.2 cm³/mol.